The van der Waals surface area contributed by atoms with Gasteiger partial charge in [-0.3, -0.25) is 4.79 Å². The first-order valence-corrected chi connectivity index (χ1v) is 4.99. The maximum atomic E-state index is 9.00. The standard InChI is InChI=1S/C10H18O.C2H4O2/c1-9(2)5-4-6-10(3)7-8-11;1-2(3)4/h5,7,11H,4,6,8H2,1-3H3;1H3,(H,3,4). The van der Waals surface area contributed by atoms with Gasteiger partial charge in [0.25, 0.3) is 5.97 Å². The Morgan fingerprint density at radius 2 is 1.60 bits per heavy atom. The van der Waals surface area contributed by atoms with Gasteiger partial charge in [0.2, 0.25) is 0 Å². The van der Waals surface area contributed by atoms with Gasteiger partial charge in [0.1, 0.15) is 0 Å². The van der Waals surface area contributed by atoms with Crippen molar-refractivity contribution in [2.75, 3.05) is 6.61 Å². The lowest BCUT2D eigenvalue weighted by Crippen LogP contribution is -1.80. The highest BCUT2D eigenvalue weighted by Gasteiger charge is 1.86. The normalized spacial score (nSPS) is 10.1. The number of hydrogen-bond donors (Lipinski definition) is 2. The molecule has 0 aromatic heterocycles. The van der Waals surface area contributed by atoms with E-state index in [1.165, 1.54) is 11.1 Å². The molecule has 0 aromatic carbocycles. The summed E-state index contributed by atoms with van der Waals surface area (Å²) in [4.78, 5) is 9.00. The fourth-order valence-electron chi connectivity index (χ4n) is 0.846. The van der Waals surface area contributed by atoms with Crippen molar-refractivity contribution in [1.82, 2.24) is 0 Å². The van der Waals surface area contributed by atoms with Crippen molar-refractivity contribution in [2.24, 2.45) is 0 Å². The van der Waals surface area contributed by atoms with Crippen molar-refractivity contribution >= 4 is 5.97 Å². The number of allylic oxidation sites excluding steroid dienone is 3. The topological polar surface area (TPSA) is 57.5 Å². The van der Waals surface area contributed by atoms with Gasteiger partial charge < -0.3 is 10.2 Å². The summed E-state index contributed by atoms with van der Waals surface area (Å²) in [6.45, 7) is 7.51. The number of aliphatic hydroxyl groups is 1. The van der Waals surface area contributed by atoms with Crippen molar-refractivity contribution in [3.63, 3.8) is 0 Å². The molecule has 3 nitrogen and oxygen atoms in total. The van der Waals surface area contributed by atoms with Crippen LogP contribution >= 0.6 is 0 Å². The van der Waals surface area contributed by atoms with Gasteiger partial charge in [-0.1, -0.05) is 23.3 Å². The van der Waals surface area contributed by atoms with E-state index in [2.05, 4.69) is 26.8 Å². The van der Waals surface area contributed by atoms with E-state index in [0.717, 1.165) is 19.8 Å². The first-order chi connectivity index (χ1) is 6.90. The summed E-state index contributed by atoms with van der Waals surface area (Å²) in [6.07, 6.45) is 6.23. The van der Waals surface area contributed by atoms with Gasteiger partial charge in [0.05, 0.1) is 6.61 Å². The second-order valence-electron chi connectivity index (χ2n) is 3.57. The second kappa shape index (κ2) is 11.0. The molecule has 0 rings (SSSR count). The summed E-state index contributed by atoms with van der Waals surface area (Å²) < 4.78 is 0. The number of rotatable bonds is 4. The molecular weight excluding hydrogens is 192 g/mol. The van der Waals surface area contributed by atoms with Gasteiger partial charge in [0.15, 0.2) is 0 Å². The highest BCUT2D eigenvalue weighted by molar-refractivity contribution is 5.62. The molecule has 0 aliphatic rings. The Morgan fingerprint density at radius 3 is 1.93 bits per heavy atom. The molecule has 0 saturated heterocycles. The third-order valence-corrected chi connectivity index (χ3v) is 1.53. The molecule has 88 valence electrons. The Labute approximate surface area is 92.1 Å². The lowest BCUT2D eigenvalue weighted by Gasteiger charge is -1.96. The molecule has 0 spiro atoms. The van der Waals surface area contributed by atoms with E-state index < -0.39 is 5.97 Å². The summed E-state index contributed by atoms with van der Waals surface area (Å²) in [5.41, 5.74) is 2.63. The van der Waals surface area contributed by atoms with Crippen molar-refractivity contribution in [3.05, 3.63) is 23.3 Å². The van der Waals surface area contributed by atoms with E-state index in [4.69, 9.17) is 15.0 Å². The molecule has 0 bridgehead atoms. The first-order valence-electron chi connectivity index (χ1n) is 4.99. The molecule has 0 aromatic rings. The van der Waals surface area contributed by atoms with Gasteiger partial charge in [-0.25, -0.2) is 0 Å². The molecule has 15 heavy (non-hydrogen) atoms. The summed E-state index contributed by atoms with van der Waals surface area (Å²) >= 11 is 0. The van der Waals surface area contributed by atoms with Crippen LogP contribution in [-0.4, -0.2) is 22.8 Å². The molecule has 0 aliphatic carbocycles. The second-order valence-corrected chi connectivity index (χ2v) is 3.57. The Kier molecular flexibility index (Phi) is 12.0. The molecular formula is C12H22O3. The van der Waals surface area contributed by atoms with Crippen LogP contribution < -0.4 is 0 Å². The largest absolute Gasteiger partial charge is 0.481 e. The summed E-state index contributed by atoms with van der Waals surface area (Å²) in [6, 6.07) is 0. The van der Waals surface area contributed by atoms with Crippen LogP contribution in [0.4, 0.5) is 0 Å². The SMILES string of the molecule is CC(=O)O.CC(C)=CCCC(C)=CCO. The highest BCUT2D eigenvalue weighted by atomic mass is 16.4. The van der Waals surface area contributed by atoms with Gasteiger partial charge in [-0.15, -0.1) is 0 Å². The van der Waals surface area contributed by atoms with E-state index >= 15 is 0 Å². The van der Waals surface area contributed by atoms with Crippen LogP contribution in [0, 0.1) is 0 Å². The Morgan fingerprint density at radius 1 is 1.13 bits per heavy atom. The maximum absolute atomic E-state index is 9.00. The number of hydrogen-bond acceptors (Lipinski definition) is 2. The minimum absolute atomic E-state index is 0.167. The van der Waals surface area contributed by atoms with Crippen LogP contribution in [0.5, 0.6) is 0 Å². The minimum atomic E-state index is -0.833. The monoisotopic (exact) mass is 214 g/mol. The summed E-state index contributed by atoms with van der Waals surface area (Å²) in [7, 11) is 0. The molecule has 0 unspecified atom stereocenters. The van der Waals surface area contributed by atoms with Crippen LogP contribution in [0.1, 0.15) is 40.5 Å². The molecule has 2 N–H and O–H groups in total. The van der Waals surface area contributed by atoms with Crippen molar-refractivity contribution < 1.29 is 15.0 Å². The van der Waals surface area contributed by atoms with Crippen LogP contribution in [-0.2, 0) is 4.79 Å². The van der Waals surface area contributed by atoms with Gasteiger partial charge >= 0.3 is 0 Å². The average molecular weight is 214 g/mol. The molecule has 0 saturated carbocycles. The smallest absolute Gasteiger partial charge is 0.300 e. The number of carboxylic acid groups (broad SMARTS) is 1. The van der Waals surface area contributed by atoms with Crippen molar-refractivity contribution in [2.45, 2.75) is 40.5 Å². The van der Waals surface area contributed by atoms with E-state index in [-0.39, 0.29) is 6.61 Å². The Bertz CT molecular complexity index is 219. The van der Waals surface area contributed by atoms with Crippen LogP contribution in [0.15, 0.2) is 23.3 Å². The molecule has 0 radical (unpaired) electrons. The lowest BCUT2D eigenvalue weighted by molar-refractivity contribution is -0.134. The predicted molar refractivity (Wildman–Crippen MR) is 62.8 cm³/mol. The molecule has 0 atom stereocenters. The highest BCUT2D eigenvalue weighted by Crippen LogP contribution is 2.05. The third kappa shape index (κ3) is 24.6. The van der Waals surface area contributed by atoms with E-state index in [0.29, 0.717) is 0 Å². The molecule has 3 heteroatoms. The van der Waals surface area contributed by atoms with Crippen molar-refractivity contribution in [1.29, 1.82) is 0 Å². The lowest BCUT2D eigenvalue weighted by atomic mass is 10.1. The average Bonchev–Trinajstić information content (AvgIpc) is 2.02. The molecule has 0 amide bonds. The summed E-state index contributed by atoms with van der Waals surface area (Å²) in [5.74, 6) is -0.833. The van der Waals surface area contributed by atoms with E-state index in [1.54, 1.807) is 0 Å². The van der Waals surface area contributed by atoms with Crippen molar-refractivity contribution in [3.8, 4) is 0 Å². The van der Waals surface area contributed by atoms with Gasteiger partial charge in [-0.2, -0.15) is 0 Å². The van der Waals surface area contributed by atoms with Crippen LogP contribution in [0.2, 0.25) is 0 Å². The number of carbonyl (C=O) groups is 1. The molecule has 0 fully saturated rings. The van der Waals surface area contributed by atoms with Gasteiger partial charge in [0, 0.05) is 6.92 Å². The Hall–Kier alpha value is -1.09. The fraction of sp³-hybridized carbons (Fsp3) is 0.583. The maximum Gasteiger partial charge on any atom is 0.300 e. The van der Waals surface area contributed by atoms with E-state index in [1.807, 2.05) is 6.08 Å². The third-order valence-electron chi connectivity index (χ3n) is 1.53. The Balaban J connectivity index is 0. The zero-order chi connectivity index (χ0) is 12.3. The molecule has 0 heterocycles. The van der Waals surface area contributed by atoms with Crippen LogP contribution in [0.3, 0.4) is 0 Å². The fourth-order valence-corrected chi connectivity index (χ4v) is 0.846. The quantitative estimate of drug-likeness (QED) is 0.707. The number of aliphatic carboxylic acids is 1. The minimum Gasteiger partial charge on any atom is -0.481 e. The first kappa shape index (κ1) is 16.3. The predicted octanol–water partition coefficient (Wildman–Crippen LogP) is 2.76. The zero-order valence-corrected chi connectivity index (χ0v) is 10.1. The summed E-state index contributed by atoms with van der Waals surface area (Å²) in [5, 5.41) is 16.0. The number of aliphatic hydroxyl groups excluding tert-OH is 1. The van der Waals surface area contributed by atoms with Crippen LogP contribution in [0.25, 0.3) is 0 Å². The molecule has 0 aliphatic heterocycles. The number of carboxylic acids is 1. The zero-order valence-electron chi connectivity index (χ0n) is 10.1. The van der Waals surface area contributed by atoms with E-state index in [9.17, 15) is 0 Å². The van der Waals surface area contributed by atoms with Gasteiger partial charge in [-0.05, 0) is 33.6 Å².